The highest BCUT2D eigenvalue weighted by Gasteiger charge is 2.67. The monoisotopic (exact) mass is 505 g/mol. The number of ether oxygens (including phenoxy) is 1. The van der Waals surface area contributed by atoms with Crippen LogP contribution in [-0.2, 0) is 14.3 Å². The molecule has 0 unspecified atom stereocenters. The molecule has 7 heteroatoms. The summed E-state index contributed by atoms with van der Waals surface area (Å²) in [6, 6.07) is 13.2. The van der Waals surface area contributed by atoms with E-state index < -0.39 is 12.6 Å². The van der Waals surface area contributed by atoms with Crippen molar-refractivity contribution in [2.24, 2.45) is 35.5 Å². The van der Waals surface area contributed by atoms with Crippen molar-refractivity contribution in [3.63, 3.8) is 0 Å². The number of hydrogen-bond acceptors (Lipinski definition) is 5. The van der Waals surface area contributed by atoms with Crippen molar-refractivity contribution in [2.75, 3.05) is 11.5 Å². The molecular weight excluding hydrogens is 486 g/mol. The number of nitrogens with zero attached hydrogens (tertiary/aromatic N) is 1. The number of imide groups is 1. The lowest BCUT2D eigenvalue weighted by Gasteiger charge is -2.37. The number of amides is 2. The van der Waals surface area contributed by atoms with Gasteiger partial charge < -0.3 is 4.74 Å². The van der Waals surface area contributed by atoms with Gasteiger partial charge in [0.05, 0.1) is 23.1 Å². The molecule has 5 aliphatic rings. The van der Waals surface area contributed by atoms with E-state index in [0.29, 0.717) is 17.4 Å². The van der Waals surface area contributed by atoms with Gasteiger partial charge in [-0.05, 0) is 54.4 Å². The SMILES string of the molecule is O=C(COC(=O)c1ccccc1N1C(=O)[C@H]2[C@@H]3C=C[C@@H]([C@H]4C[C@H]34)[C@@H]2C1=O)c1ccc(Br)cc1. The van der Waals surface area contributed by atoms with Crippen LogP contribution in [0.3, 0.4) is 0 Å². The van der Waals surface area contributed by atoms with Crippen molar-refractivity contribution in [2.45, 2.75) is 6.42 Å². The van der Waals surface area contributed by atoms with Crippen LogP contribution in [0, 0.1) is 35.5 Å². The first-order valence-electron chi connectivity index (χ1n) is 11.1. The third-order valence-electron chi connectivity index (χ3n) is 7.53. The van der Waals surface area contributed by atoms with Crippen LogP contribution in [0.2, 0.25) is 0 Å². The van der Waals surface area contributed by atoms with E-state index in [9.17, 15) is 19.2 Å². The smallest absolute Gasteiger partial charge is 0.340 e. The van der Waals surface area contributed by atoms with Gasteiger partial charge in [-0.3, -0.25) is 14.4 Å². The second kappa shape index (κ2) is 7.48. The molecule has 7 rings (SSSR count). The maximum absolute atomic E-state index is 13.4. The van der Waals surface area contributed by atoms with Gasteiger partial charge in [0.15, 0.2) is 12.4 Å². The number of para-hydroxylation sites is 1. The molecule has 2 amide bonds. The van der Waals surface area contributed by atoms with Gasteiger partial charge >= 0.3 is 5.97 Å². The number of ketones is 1. The Hall–Kier alpha value is -3.06. The number of allylic oxidation sites excluding steroid dienone is 2. The summed E-state index contributed by atoms with van der Waals surface area (Å²) in [6.07, 6.45) is 5.32. The molecule has 0 radical (unpaired) electrons. The number of Topliss-reactive ketones (excluding diaryl/α,β-unsaturated/α-hetero) is 1. The Kier molecular flexibility index (Phi) is 4.66. The molecule has 0 aromatic heterocycles. The number of anilines is 1. The maximum Gasteiger partial charge on any atom is 0.340 e. The Morgan fingerprint density at radius 1 is 0.909 bits per heavy atom. The minimum Gasteiger partial charge on any atom is -0.454 e. The van der Waals surface area contributed by atoms with Crippen LogP contribution in [0.1, 0.15) is 27.1 Å². The van der Waals surface area contributed by atoms with E-state index in [-0.39, 0.29) is 52.5 Å². The standard InChI is InChI=1S/C26H20BrNO5/c27-14-7-5-13(6-8-14)21(29)12-33-26(32)17-3-1-2-4-20(17)28-24(30)22-15-9-10-16(19-11-18(15)19)23(22)25(28)31/h1-10,15-16,18-19,22-23H,11-12H2/t15-,16+,18-,19-,22+,23+/m1/s1. The van der Waals surface area contributed by atoms with Crippen LogP contribution in [0.5, 0.6) is 0 Å². The Balaban J connectivity index is 1.24. The topological polar surface area (TPSA) is 80.8 Å². The Bertz CT molecular complexity index is 1200. The van der Waals surface area contributed by atoms with E-state index in [1.807, 2.05) is 0 Å². The van der Waals surface area contributed by atoms with Gasteiger partial charge in [-0.25, -0.2) is 9.69 Å². The van der Waals surface area contributed by atoms with E-state index in [4.69, 9.17) is 4.74 Å². The second-order valence-electron chi connectivity index (χ2n) is 9.19. The van der Waals surface area contributed by atoms with Crippen molar-refractivity contribution in [1.82, 2.24) is 0 Å². The summed E-state index contributed by atoms with van der Waals surface area (Å²) in [5.74, 6) is -1.03. The molecule has 2 bridgehead atoms. The second-order valence-corrected chi connectivity index (χ2v) is 10.1. The first-order chi connectivity index (χ1) is 16.0. The lowest BCUT2D eigenvalue weighted by molar-refractivity contribution is -0.124. The summed E-state index contributed by atoms with van der Waals surface area (Å²) in [6.45, 7) is -0.431. The molecule has 3 fully saturated rings. The highest BCUT2D eigenvalue weighted by Crippen LogP contribution is 2.65. The van der Waals surface area contributed by atoms with Crippen molar-refractivity contribution >= 4 is 45.2 Å². The number of carbonyl (C=O) groups excluding carboxylic acids is 4. The lowest BCUT2D eigenvalue weighted by Crippen LogP contribution is -2.40. The maximum atomic E-state index is 13.4. The predicted molar refractivity (Wildman–Crippen MR) is 122 cm³/mol. The normalized spacial score (nSPS) is 30.8. The van der Waals surface area contributed by atoms with Crippen LogP contribution in [0.4, 0.5) is 5.69 Å². The van der Waals surface area contributed by atoms with E-state index >= 15 is 0 Å². The highest BCUT2D eigenvalue weighted by atomic mass is 79.9. The quantitative estimate of drug-likeness (QED) is 0.265. The fourth-order valence-electron chi connectivity index (χ4n) is 5.96. The van der Waals surface area contributed by atoms with Gasteiger partial charge in [-0.15, -0.1) is 0 Å². The minimum absolute atomic E-state index is 0.104. The van der Waals surface area contributed by atoms with E-state index in [1.165, 1.54) is 11.0 Å². The molecular formula is C26H20BrNO5. The van der Waals surface area contributed by atoms with E-state index in [1.54, 1.807) is 42.5 Å². The number of esters is 1. The van der Waals surface area contributed by atoms with Gasteiger partial charge in [-0.1, -0.05) is 52.3 Å². The molecule has 6 nitrogen and oxygen atoms in total. The molecule has 1 saturated heterocycles. The highest BCUT2D eigenvalue weighted by molar-refractivity contribution is 9.10. The van der Waals surface area contributed by atoms with Crippen LogP contribution in [0.25, 0.3) is 0 Å². The summed E-state index contributed by atoms with van der Waals surface area (Å²) < 4.78 is 6.12. The zero-order chi connectivity index (χ0) is 22.9. The van der Waals surface area contributed by atoms with Crippen molar-refractivity contribution in [3.8, 4) is 0 Å². The first kappa shape index (κ1) is 20.5. The number of carbonyl (C=O) groups is 4. The van der Waals surface area contributed by atoms with Gasteiger partial charge in [0, 0.05) is 10.0 Å². The molecule has 4 aliphatic carbocycles. The molecule has 1 heterocycles. The molecule has 0 N–H and O–H groups in total. The number of benzene rings is 2. The fourth-order valence-corrected chi connectivity index (χ4v) is 6.23. The van der Waals surface area contributed by atoms with Gasteiger partial charge in [0.1, 0.15) is 0 Å². The molecule has 2 saturated carbocycles. The Labute approximate surface area is 198 Å². The third-order valence-corrected chi connectivity index (χ3v) is 8.06. The molecule has 1 aliphatic heterocycles. The first-order valence-corrected chi connectivity index (χ1v) is 11.9. The van der Waals surface area contributed by atoms with Crippen LogP contribution >= 0.6 is 15.9 Å². The average molecular weight is 506 g/mol. The number of rotatable bonds is 5. The van der Waals surface area contributed by atoms with Gasteiger partial charge in [-0.2, -0.15) is 0 Å². The van der Waals surface area contributed by atoms with Crippen molar-refractivity contribution in [1.29, 1.82) is 0 Å². The number of hydrogen-bond donors (Lipinski definition) is 0. The van der Waals surface area contributed by atoms with Gasteiger partial charge in [0.2, 0.25) is 11.8 Å². The Morgan fingerprint density at radius 3 is 2.15 bits per heavy atom. The Morgan fingerprint density at radius 2 is 1.52 bits per heavy atom. The van der Waals surface area contributed by atoms with Crippen LogP contribution in [-0.4, -0.2) is 30.2 Å². The molecule has 2 aromatic rings. The van der Waals surface area contributed by atoms with Crippen molar-refractivity contribution < 1.29 is 23.9 Å². The summed E-state index contributed by atoms with van der Waals surface area (Å²) in [4.78, 5) is 53.3. The third kappa shape index (κ3) is 3.13. The van der Waals surface area contributed by atoms with E-state index in [2.05, 4.69) is 28.1 Å². The zero-order valence-corrected chi connectivity index (χ0v) is 19.1. The minimum atomic E-state index is -0.740. The van der Waals surface area contributed by atoms with Crippen molar-refractivity contribution in [3.05, 3.63) is 76.3 Å². The molecule has 166 valence electrons. The zero-order valence-electron chi connectivity index (χ0n) is 17.5. The molecule has 33 heavy (non-hydrogen) atoms. The predicted octanol–water partition coefficient (Wildman–Crippen LogP) is 4.05. The number of halogens is 1. The summed E-state index contributed by atoms with van der Waals surface area (Å²) in [5.41, 5.74) is 0.762. The largest absolute Gasteiger partial charge is 0.454 e. The summed E-state index contributed by atoms with van der Waals surface area (Å²) >= 11 is 3.32. The summed E-state index contributed by atoms with van der Waals surface area (Å²) in [7, 11) is 0. The van der Waals surface area contributed by atoms with Crippen LogP contribution in [0.15, 0.2) is 65.2 Å². The molecule has 2 aromatic carbocycles. The lowest BCUT2D eigenvalue weighted by atomic mass is 9.63. The van der Waals surface area contributed by atoms with E-state index in [0.717, 1.165) is 10.9 Å². The van der Waals surface area contributed by atoms with Crippen LogP contribution < -0.4 is 4.90 Å². The summed E-state index contributed by atoms with van der Waals surface area (Å²) in [5, 5.41) is 0. The van der Waals surface area contributed by atoms with Gasteiger partial charge in [0.25, 0.3) is 0 Å². The molecule has 6 atom stereocenters. The fraction of sp³-hybridized carbons (Fsp3) is 0.308. The molecule has 0 spiro atoms. The average Bonchev–Trinajstić information content (AvgIpc) is 3.61.